The molecule has 18 heavy (non-hydrogen) atoms. The van der Waals surface area contributed by atoms with Crippen molar-refractivity contribution in [2.24, 2.45) is 0 Å². The minimum Gasteiger partial charge on any atom is -0.444 e. The van der Waals surface area contributed by atoms with Crippen molar-refractivity contribution in [3.63, 3.8) is 0 Å². The van der Waals surface area contributed by atoms with Crippen molar-refractivity contribution in [2.75, 3.05) is 0 Å². The first-order valence-corrected chi connectivity index (χ1v) is 5.76. The van der Waals surface area contributed by atoms with E-state index >= 15 is 0 Å². The lowest BCUT2D eigenvalue weighted by molar-refractivity contribution is 0.0947. The van der Waals surface area contributed by atoms with Gasteiger partial charge < -0.3 is 9.73 Å². The molecule has 1 N–H and O–H groups in total. The quantitative estimate of drug-likeness (QED) is 0.924. The van der Waals surface area contributed by atoms with Crippen LogP contribution in [-0.4, -0.2) is 15.9 Å². The van der Waals surface area contributed by atoms with Gasteiger partial charge in [-0.05, 0) is 19.9 Å². The largest absolute Gasteiger partial charge is 0.444 e. The van der Waals surface area contributed by atoms with Crippen molar-refractivity contribution in [3.05, 3.63) is 46.4 Å². The minimum atomic E-state index is -0.282. The zero-order chi connectivity index (χ0) is 13.1. The molecule has 2 aromatic rings. The molecule has 0 fully saturated rings. The van der Waals surface area contributed by atoms with Crippen LogP contribution < -0.4 is 5.32 Å². The predicted molar refractivity (Wildman–Crippen MR) is 66.4 cm³/mol. The summed E-state index contributed by atoms with van der Waals surface area (Å²) in [6, 6.07) is 1.56. The van der Waals surface area contributed by atoms with Crippen LogP contribution in [0, 0.1) is 13.8 Å². The number of hydrogen-bond donors (Lipinski definition) is 1. The van der Waals surface area contributed by atoms with Crippen molar-refractivity contribution in [1.82, 2.24) is 15.3 Å². The number of pyridine rings is 1. The van der Waals surface area contributed by atoms with Crippen molar-refractivity contribution in [1.29, 1.82) is 0 Å². The number of aromatic nitrogens is 2. The van der Waals surface area contributed by atoms with E-state index < -0.39 is 0 Å². The molecule has 5 nitrogen and oxygen atoms in total. The molecule has 0 aromatic carbocycles. The van der Waals surface area contributed by atoms with E-state index in [2.05, 4.69) is 15.3 Å². The molecule has 2 heterocycles. The van der Waals surface area contributed by atoms with E-state index in [-0.39, 0.29) is 12.5 Å². The van der Waals surface area contributed by atoms with Crippen molar-refractivity contribution >= 4 is 17.5 Å². The second-order valence-corrected chi connectivity index (χ2v) is 4.19. The number of oxazole rings is 1. The van der Waals surface area contributed by atoms with Gasteiger partial charge in [0.25, 0.3) is 5.91 Å². The number of hydrogen-bond acceptors (Lipinski definition) is 4. The van der Waals surface area contributed by atoms with E-state index in [1.54, 1.807) is 6.07 Å². The number of rotatable bonds is 3. The molecule has 0 unspecified atom stereocenters. The average molecular weight is 266 g/mol. The summed E-state index contributed by atoms with van der Waals surface area (Å²) in [5, 5.41) is 3.00. The molecule has 0 aliphatic rings. The van der Waals surface area contributed by atoms with E-state index in [0.717, 1.165) is 11.5 Å². The van der Waals surface area contributed by atoms with Crippen molar-refractivity contribution < 1.29 is 9.21 Å². The number of nitrogens with zero attached hydrogens (tertiary/aromatic N) is 2. The van der Waals surface area contributed by atoms with Crippen LogP contribution >= 0.6 is 11.6 Å². The smallest absolute Gasteiger partial charge is 0.253 e. The van der Waals surface area contributed by atoms with Crippen LogP contribution in [0.5, 0.6) is 0 Å². The summed E-state index contributed by atoms with van der Waals surface area (Å²) < 4.78 is 5.36. The number of nitrogens with one attached hydrogen (secondary N) is 1. The molecule has 0 aliphatic heterocycles. The third-order valence-corrected chi connectivity index (χ3v) is 2.79. The molecule has 1 amide bonds. The Morgan fingerprint density at radius 1 is 1.50 bits per heavy atom. The number of carbonyl (C=O) groups excluding carboxylic acids is 1. The zero-order valence-corrected chi connectivity index (χ0v) is 10.8. The first-order valence-electron chi connectivity index (χ1n) is 5.38. The maximum absolute atomic E-state index is 11.8. The van der Waals surface area contributed by atoms with Crippen LogP contribution in [-0.2, 0) is 6.54 Å². The lowest BCUT2D eigenvalue weighted by atomic mass is 10.2. The van der Waals surface area contributed by atoms with Crippen molar-refractivity contribution in [3.8, 4) is 0 Å². The number of carbonyl (C=O) groups is 1. The van der Waals surface area contributed by atoms with Crippen LogP contribution in [0.2, 0.25) is 5.02 Å². The van der Waals surface area contributed by atoms with E-state index in [0.29, 0.717) is 16.5 Å². The van der Waals surface area contributed by atoms with Crippen LogP contribution in [0.3, 0.4) is 0 Å². The van der Waals surface area contributed by atoms with Gasteiger partial charge in [0.15, 0.2) is 0 Å². The Kier molecular flexibility index (Phi) is 3.62. The van der Waals surface area contributed by atoms with Gasteiger partial charge in [0.2, 0.25) is 5.89 Å². The molecule has 2 rings (SSSR count). The third-order valence-electron chi connectivity index (χ3n) is 2.49. The summed E-state index contributed by atoms with van der Waals surface area (Å²) in [7, 11) is 0. The molecular formula is C12H12ClN3O2. The highest BCUT2D eigenvalue weighted by Crippen LogP contribution is 2.13. The Morgan fingerprint density at radius 2 is 2.28 bits per heavy atom. The zero-order valence-electron chi connectivity index (χ0n) is 10.0. The van der Waals surface area contributed by atoms with Gasteiger partial charge in [-0.25, -0.2) is 4.98 Å². The van der Waals surface area contributed by atoms with Gasteiger partial charge in [0.05, 0.1) is 22.8 Å². The van der Waals surface area contributed by atoms with E-state index in [4.69, 9.17) is 16.0 Å². The van der Waals surface area contributed by atoms with E-state index in [1.165, 1.54) is 12.4 Å². The molecule has 2 aromatic heterocycles. The minimum absolute atomic E-state index is 0.228. The van der Waals surface area contributed by atoms with Gasteiger partial charge in [0, 0.05) is 12.4 Å². The summed E-state index contributed by atoms with van der Waals surface area (Å²) in [4.78, 5) is 19.8. The van der Waals surface area contributed by atoms with Crippen LogP contribution in [0.1, 0.15) is 27.7 Å². The predicted octanol–water partition coefficient (Wildman–Crippen LogP) is 2.27. The van der Waals surface area contributed by atoms with E-state index in [1.807, 2.05) is 13.8 Å². The van der Waals surface area contributed by atoms with Gasteiger partial charge in [-0.1, -0.05) is 11.6 Å². The first-order chi connectivity index (χ1) is 8.58. The molecule has 0 saturated carbocycles. The lowest BCUT2D eigenvalue weighted by Gasteiger charge is -2.03. The number of halogens is 1. The highest BCUT2D eigenvalue weighted by atomic mass is 35.5. The highest BCUT2D eigenvalue weighted by Gasteiger charge is 2.11. The molecule has 0 aliphatic carbocycles. The molecule has 0 saturated heterocycles. The fourth-order valence-corrected chi connectivity index (χ4v) is 1.63. The van der Waals surface area contributed by atoms with Gasteiger partial charge >= 0.3 is 0 Å². The van der Waals surface area contributed by atoms with Crippen LogP contribution in [0.4, 0.5) is 0 Å². The monoisotopic (exact) mass is 265 g/mol. The van der Waals surface area contributed by atoms with Crippen LogP contribution in [0.25, 0.3) is 0 Å². The Bertz CT molecular complexity index is 561. The SMILES string of the molecule is Cc1nc(CNC(=O)c2ccncc2Cl)oc1C. The summed E-state index contributed by atoms with van der Waals surface area (Å²) in [5.74, 6) is 0.945. The molecule has 0 radical (unpaired) electrons. The van der Waals surface area contributed by atoms with Crippen LogP contribution in [0.15, 0.2) is 22.9 Å². The standard InChI is InChI=1S/C12H12ClN3O2/c1-7-8(2)18-11(16-7)6-15-12(17)9-3-4-14-5-10(9)13/h3-5H,6H2,1-2H3,(H,15,17). The summed E-state index contributed by atoms with van der Waals surface area (Å²) in [6.45, 7) is 3.91. The molecule has 0 atom stereocenters. The highest BCUT2D eigenvalue weighted by molar-refractivity contribution is 6.33. The molecular weight excluding hydrogens is 254 g/mol. The average Bonchev–Trinajstić information content (AvgIpc) is 2.66. The Balaban J connectivity index is 2.03. The Morgan fingerprint density at radius 3 is 2.89 bits per heavy atom. The summed E-state index contributed by atoms with van der Waals surface area (Å²) in [6.07, 6.45) is 2.94. The maximum Gasteiger partial charge on any atom is 0.253 e. The van der Waals surface area contributed by atoms with E-state index in [9.17, 15) is 4.79 Å². The van der Waals surface area contributed by atoms with Gasteiger partial charge in [-0.15, -0.1) is 0 Å². The number of amides is 1. The molecule has 6 heteroatoms. The second-order valence-electron chi connectivity index (χ2n) is 3.79. The molecule has 0 bridgehead atoms. The second kappa shape index (κ2) is 5.18. The van der Waals surface area contributed by atoms with Gasteiger partial charge in [-0.2, -0.15) is 0 Å². The fourth-order valence-electron chi connectivity index (χ4n) is 1.43. The molecule has 0 spiro atoms. The number of aryl methyl sites for hydroxylation is 2. The lowest BCUT2D eigenvalue weighted by Crippen LogP contribution is -2.23. The van der Waals surface area contributed by atoms with Gasteiger partial charge in [0.1, 0.15) is 5.76 Å². The Hall–Kier alpha value is -1.88. The summed E-state index contributed by atoms with van der Waals surface area (Å²) in [5.41, 5.74) is 1.20. The van der Waals surface area contributed by atoms with Gasteiger partial charge in [-0.3, -0.25) is 9.78 Å². The summed E-state index contributed by atoms with van der Waals surface area (Å²) >= 11 is 5.87. The molecule has 94 valence electrons. The normalized spacial score (nSPS) is 10.4. The maximum atomic E-state index is 11.8. The topological polar surface area (TPSA) is 68.0 Å². The van der Waals surface area contributed by atoms with Crippen molar-refractivity contribution in [2.45, 2.75) is 20.4 Å². The first kappa shape index (κ1) is 12.6. The Labute approximate surface area is 109 Å². The fraction of sp³-hybridized carbons (Fsp3) is 0.250. The third kappa shape index (κ3) is 2.68.